The molecular weight excluding hydrogens is 338 g/mol. The minimum atomic E-state index is -0.647. The average molecular weight is 370 g/mol. The van der Waals surface area contributed by atoms with Gasteiger partial charge in [-0.05, 0) is 30.2 Å². The van der Waals surface area contributed by atoms with Crippen molar-refractivity contribution in [2.24, 2.45) is 4.99 Å². The molecule has 27 heavy (non-hydrogen) atoms. The van der Waals surface area contributed by atoms with Gasteiger partial charge in [0.25, 0.3) is 0 Å². The van der Waals surface area contributed by atoms with Crippen molar-refractivity contribution in [2.45, 2.75) is 32.3 Å². The van der Waals surface area contributed by atoms with Crippen molar-refractivity contribution in [1.29, 1.82) is 0 Å². The van der Waals surface area contributed by atoms with Crippen molar-refractivity contribution >= 4 is 5.96 Å². The maximum atomic E-state index is 10.5. The van der Waals surface area contributed by atoms with Gasteiger partial charge in [-0.1, -0.05) is 56.3 Å². The summed E-state index contributed by atoms with van der Waals surface area (Å²) in [7, 11) is 1.62. The van der Waals surface area contributed by atoms with E-state index in [0.29, 0.717) is 19.0 Å². The van der Waals surface area contributed by atoms with Gasteiger partial charge in [0.2, 0.25) is 0 Å². The summed E-state index contributed by atoms with van der Waals surface area (Å²) in [6, 6.07) is 17.8. The van der Waals surface area contributed by atoms with Crippen LogP contribution in [-0.4, -0.2) is 37.8 Å². The molecule has 2 aromatic carbocycles. The third-order valence-electron chi connectivity index (χ3n) is 4.47. The van der Waals surface area contributed by atoms with Crippen molar-refractivity contribution < 1.29 is 9.84 Å². The summed E-state index contributed by atoms with van der Waals surface area (Å²) in [5.41, 5.74) is 1.98. The van der Waals surface area contributed by atoms with E-state index in [1.165, 1.54) is 5.56 Å². The van der Waals surface area contributed by atoms with E-state index in [2.05, 4.69) is 48.7 Å². The molecule has 0 aliphatic rings. The van der Waals surface area contributed by atoms with Crippen molar-refractivity contribution in [1.82, 2.24) is 10.6 Å². The molecule has 5 nitrogen and oxygen atoms in total. The summed E-state index contributed by atoms with van der Waals surface area (Å²) in [4.78, 5) is 4.72. The zero-order valence-corrected chi connectivity index (χ0v) is 16.7. The highest BCUT2D eigenvalue weighted by molar-refractivity contribution is 5.79. The van der Waals surface area contributed by atoms with E-state index in [1.54, 1.807) is 7.11 Å². The molecule has 0 bridgehead atoms. The van der Waals surface area contributed by atoms with Crippen LogP contribution < -0.4 is 15.4 Å². The Bertz CT molecular complexity index is 729. The second-order valence-corrected chi connectivity index (χ2v) is 7.12. The Hall–Kier alpha value is -2.53. The molecule has 146 valence electrons. The number of nitrogens with one attached hydrogen (secondary N) is 2. The van der Waals surface area contributed by atoms with Crippen molar-refractivity contribution in [3.05, 3.63) is 65.7 Å². The number of benzene rings is 2. The minimum absolute atomic E-state index is 0.0744. The van der Waals surface area contributed by atoms with Crippen molar-refractivity contribution in [3.8, 4) is 5.75 Å². The average Bonchev–Trinajstić information content (AvgIpc) is 2.70. The fraction of sp³-hybridized carbons (Fsp3) is 0.409. The van der Waals surface area contributed by atoms with Crippen LogP contribution in [0.5, 0.6) is 5.75 Å². The van der Waals surface area contributed by atoms with Gasteiger partial charge < -0.3 is 20.5 Å². The van der Waals surface area contributed by atoms with Gasteiger partial charge in [0.15, 0.2) is 5.96 Å². The zero-order valence-electron chi connectivity index (χ0n) is 16.7. The summed E-state index contributed by atoms with van der Waals surface area (Å²) in [5, 5.41) is 16.9. The number of ether oxygens (including phenoxy) is 1. The topological polar surface area (TPSA) is 65.9 Å². The number of rotatable bonds is 8. The fourth-order valence-electron chi connectivity index (χ4n) is 2.76. The van der Waals surface area contributed by atoms with Crippen LogP contribution in [0.3, 0.4) is 0 Å². The summed E-state index contributed by atoms with van der Waals surface area (Å²) in [6.45, 7) is 8.15. The highest BCUT2D eigenvalue weighted by Gasteiger charge is 2.20. The molecule has 0 heterocycles. The Morgan fingerprint density at radius 3 is 2.52 bits per heavy atom. The number of hydrogen-bond donors (Lipinski definition) is 3. The Labute approximate surface area is 162 Å². The number of nitrogens with zero attached hydrogens (tertiary/aromatic N) is 1. The molecule has 2 aromatic rings. The van der Waals surface area contributed by atoms with Crippen LogP contribution in [0.4, 0.5) is 0 Å². The van der Waals surface area contributed by atoms with Crippen LogP contribution in [0.1, 0.15) is 38.0 Å². The Morgan fingerprint density at radius 2 is 1.85 bits per heavy atom. The van der Waals surface area contributed by atoms with Crippen molar-refractivity contribution in [2.75, 3.05) is 26.7 Å². The van der Waals surface area contributed by atoms with Gasteiger partial charge in [0.1, 0.15) is 5.75 Å². The molecule has 1 atom stereocenters. The van der Waals surface area contributed by atoms with Gasteiger partial charge in [-0.15, -0.1) is 0 Å². The first-order valence-corrected chi connectivity index (χ1v) is 9.36. The SMILES string of the molecule is CCNC(=NCC(C)(C)c1ccccc1)NCC(O)c1cccc(OC)c1. The molecule has 0 amide bonds. The van der Waals surface area contributed by atoms with Crippen LogP contribution in [0, 0.1) is 0 Å². The third-order valence-corrected chi connectivity index (χ3v) is 4.47. The van der Waals surface area contributed by atoms with E-state index in [-0.39, 0.29) is 5.41 Å². The third kappa shape index (κ3) is 6.29. The summed E-state index contributed by atoms with van der Waals surface area (Å²) >= 11 is 0. The molecule has 0 aliphatic carbocycles. The van der Waals surface area contributed by atoms with Crippen LogP contribution >= 0.6 is 0 Å². The quantitative estimate of drug-likeness (QED) is 0.494. The van der Waals surface area contributed by atoms with E-state index in [1.807, 2.05) is 37.3 Å². The number of hydrogen-bond acceptors (Lipinski definition) is 3. The molecule has 0 fully saturated rings. The van der Waals surface area contributed by atoms with E-state index in [9.17, 15) is 5.11 Å². The van der Waals surface area contributed by atoms with Crippen LogP contribution in [0.2, 0.25) is 0 Å². The van der Waals surface area contributed by atoms with Gasteiger partial charge in [-0.3, -0.25) is 4.99 Å². The molecule has 5 heteroatoms. The maximum Gasteiger partial charge on any atom is 0.191 e. The number of aliphatic imine (C=N–C) groups is 1. The monoisotopic (exact) mass is 369 g/mol. The lowest BCUT2D eigenvalue weighted by atomic mass is 9.85. The van der Waals surface area contributed by atoms with Crippen LogP contribution in [0.25, 0.3) is 0 Å². The van der Waals surface area contributed by atoms with Crippen molar-refractivity contribution in [3.63, 3.8) is 0 Å². The number of aliphatic hydroxyl groups is 1. The maximum absolute atomic E-state index is 10.5. The molecule has 0 aromatic heterocycles. The van der Waals surface area contributed by atoms with Gasteiger partial charge in [0.05, 0.1) is 19.8 Å². The smallest absolute Gasteiger partial charge is 0.191 e. The second-order valence-electron chi connectivity index (χ2n) is 7.12. The molecular formula is C22H31N3O2. The van der Waals surface area contributed by atoms with Gasteiger partial charge in [-0.25, -0.2) is 0 Å². The standard InChI is InChI=1S/C22H31N3O2/c1-5-23-21(25-16-22(2,3)18-11-7-6-8-12-18)24-15-20(26)17-10-9-13-19(14-17)27-4/h6-14,20,26H,5,15-16H2,1-4H3,(H2,23,24,25). The van der Waals surface area contributed by atoms with Gasteiger partial charge >= 0.3 is 0 Å². The zero-order chi connectivity index (χ0) is 19.7. The van der Waals surface area contributed by atoms with E-state index >= 15 is 0 Å². The van der Waals surface area contributed by atoms with Gasteiger partial charge in [-0.2, -0.15) is 0 Å². The lowest BCUT2D eigenvalue weighted by Crippen LogP contribution is -2.40. The number of aliphatic hydroxyl groups excluding tert-OH is 1. The first-order valence-electron chi connectivity index (χ1n) is 9.36. The fourth-order valence-corrected chi connectivity index (χ4v) is 2.76. The number of methoxy groups -OCH3 is 1. The van der Waals surface area contributed by atoms with E-state index in [0.717, 1.165) is 17.9 Å². The summed E-state index contributed by atoms with van der Waals surface area (Å²) in [6.07, 6.45) is -0.647. The van der Waals surface area contributed by atoms with Crippen LogP contribution in [0.15, 0.2) is 59.6 Å². The summed E-state index contributed by atoms with van der Waals surface area (Å²) in [5.74, 6) is 1.43. The van der Waals surface area contributed by atoms with E-state index in [4.69, 9.17) is 9.73 Å². The van der Waals surface area contributed by atoms with Gasteiger partial charge in [0, 0.05) is 18.5 Å². The lowest BCUT2D eigenvalue weighted by molar-refractivity contribution is 0.180. The Balaban J connectivity index is 2.00. The lowest BCUT2D eigenvalue weighted by Gasteiger charge is -2.24. The normalized spacial score (nSPS) is 13.1. The number of guanidine groups is 1. The molecule has 3 N–H and O–H groups in total. The molecule has 0 aliphatic heterocycles. The first kappa shape index (κ1) is 20.8. The predicted molar refractivity (Wildman–Crippen MR) is 111 cm³/mol. The summed E-state index contributed by atoms with van der Waals surface area (Å²) < 4.78 is 5.22. The largest absolute Gasteiger partial charge is 0.497 e. The van der Waals surface area contributed by atoms with E-state index < -0.39 is 6.10 Å². The predicted octanol–water partition coefficient (Wildman–Crippen LogP) is 3.26. The molecule has 0 saturated carbocycles. The first-order chi connectivity index (χ1) is 13.0. The highest BCUT2D eigenvalue weighted by atomic mass is 16.5. The molecule has 0 radical (unpaired) electrons. The Morgan fingerprint density at radius 1 is 1.11 bits per heavy atom. The molecule has 0 spiro atoms. The van der Waals surface area contributed by atoms with Crippen LogP contribution in [-0.2, 0) is 5.41 Å². The second kappa shape index (κ2) is 9.97. The molecule has 2 rings (SSSR count). The molecule has 0 saturated heterocycles. The Kier molecular flexibility index (Phi) is 7.67. The molecule has 1 unspecified atom stereocenters. The minimum Gasteiger partial charge on any atom is -0.497 e. The highest BCUT2D eigenvalue weighted by Crippen LogP contribution is 2.23.